The molecule has 0 saturated heterocycles. The second-order valence-corrected chi connectivity index (χ2v) is 4.98. The lowest BCUT2D eigenvalue weighted by Crippen LogP contribution is -2.42. The standard InChI is InChI=1S/C13H20N4O2/c1-13(2,11(14)16-19)12(18)15-9-7-5-6-8-10(9)17(3)4/h5-8,19H,1-4H3,(H2,14,16)(H,15,18). The molecule has 0 radical (unpaired) electrons. The number of anilines is 2. The van der Waals surface area contributed by atoms with Crippen LogP contribution in [0.2, 0.25) is 0 Å². The van der Waals surface area contributed by atoms with Crippen molar-refractivity contribution in [2.45, 2.75) is 13.8 Å². The summed E-state index contributed by atoms with van der Waals surface area (Å²) in [6, 6.07) is 7.42. The van der Waals surface area contributed by atoms with Crippen LogP contribution < -0.4 is 16.0 Å². The van der Waals surface area contributed by atoms with Crippen molar-refractivity contribution in [1.29, 1.82) is 0 Å². The van der Waals surface area contributed by atoms with Gasteiger partial charge in [0, 0.05) is 14.1 Å². The second-order valence-electron chi connectivity index (χ2n) is 4.98. The molecular formula is C13H20N4O2. The first-order valence-electron chi connectivity index (χ1n) is 5.86. The Morgan fingerprint density at radius 1 is 1.37 bits per heavy atom. The van der Waals surface area contributed by atoms with E-state index in [-0.39, 0.29) is 11.7 Å². The normalized spacial score (nSPS) is 12.1. The highest BCUT2D eigenvalue weighted by Crippen LogP contribution is 2.26. The molecule has 4 N–H and O–H groups in total. The minimum atomic E-state index is -1.09. The molecule has 1 aromatic rings. The number of hydrogen-bond acceptors (Lipinski definition) is 4. The lowest BCUT2D eigenvalue weighted by atomic mass is 9.91. The number of para-hydroxylation sites is 2. The summed E-state index contributed by atoms with van der Waals surface area (Å²) in [5, 5.41) is 14.4. The fourth-order valence-corrected chi connectivity index (χ4v) is 1.49. The Bertz CT molecular complexity index is 495. The molecule has 0 spiro atoms. The van der Waals surface area contributed by atoms with Gasteiger partial charge in [0.25, 0.3) is 0 Å². The van der Waals surface area contributed by atoms with Crippen molar-refractivity contribution in [3.05, 3.63) is 24.3 Å². The number of nitrogens with one attached hydrogen (secondary N) is 1. The number of amidine groups is 1. The SMILES string of the molecule is CN(C)c1ccccc1NC(=O)C(C)(C)/C(N)=N/O. The van der Waals surface area contributed by atoms with Gasteiger partial charge in [0.15, 0.2) is 5.84 Å². The van der Waals surface area contributed by atoms with Gasteiger partial charge in [-0.25, -0.2) is 0 Å². The molecule has 1 rings (SSSR count). The summed E-state index contributed by atoms with van der Waals surface area (Å²) < 4.78 is 0. The van der Waals surface area contributed by atoms with Crippen LogP contribution in [0.15, 0.2) is 29.4 Å². The van der Waals surface area contributed by atoms with Crippen molar-refractivity contribution in [2.24, 2.45) is 16.3 Å². The first kappa shape index (κ1) is 14.8. The summed E-state index contributed by atoms with van der Waals surface area (Å²) >= 11 is 0. The minimum Gasteiger partial charge on any atom is -0.409 e. The average molecular weight is 264 g/mol. The highest BCUT2D eigenvalue weighted by molar-refractivity contribution is 6.11. The highest BCUT2D eigenvalue weighted by Gasteiger charge is 2.33. The van der Waals surface area contributed by atoms with Crippen LogP contribution in [-0.2, 0) is 4.79 Å². The van der Waals surface area contributed by atoms with E-state index in [9.17, 15) is 4.79 Å². The highest BCUT2D eigenvalue weighted by atomic mass is 16.4. The van der Waals surface area contributed by atoms with Gasteiger partial charge in [-0.15, -0.1) is 0 Å². The van der Waals surface area contributed by atoms with Crippen LogP contribution in [0.3, 0.4) is 0 Å². The molecule has 0 aliphatic rings. The Hall–Kier alpha value is -2.24. The van der Waals surface area contributed by atoms with E-state index in [1.165, 1.54) is 0 Å². The molecule has 0 saturated carbocycles. The molecule has 0 aliphatic heterocycles. The van der Waals surface area contributed by atoms with Crippen molar-refractivity contribution >= 4 is 23.1 Å². The van der Waals surface area contributed by atoms with Crippen LogP contribution >= 0.6 is 0 Å². The Labute approximate surface area is 112 Å². The van der Waals surface area contributed by atoms with E-state index >= 15 is 0 Å². The molecule has 0 unspecified atom stereocenters. The van der Waals surface area contributed by atoms with E-state index in [0.29, 0.717) is 5.69 Å². The Kier molecular flexibility index (Phi) is 4.37. The number of hydrogen-bond donors (Lipinski definition) is 3. The lowest BCUT2D eigenvalue weighted by Gasteiger charge is -2.24. The monoisotopic (exact) mass is 264 g/mol. The van der Waals surface area contributed by atoms with Gasteiger partial charge in [0.1, 0.15) is 5.41 Å². The van der Waals surface area contributed by atoms with Crippen molar-refractivity contribution in [3.8, 4) is 0 Å². The summed E-state index contributed by atoms with van der Waals surface area (Å²) in [5.74, 6) is -0.468. The molecule has 0 atom stereocenters. The Morgan fingerprint density at radius 2 is 1.95 bits per heavy atom. The fourth-order valence-electron chi connectivity index (χ4n) is 1.49. The summed E-state index contributed by atoms with van der Waals surface area (Å²) in [6.07, 6.45) is 0. The predicted octanol–water partition coefficient (Wildman–Crippen LogP) is 1.46. The van der Waals surface area contributed by atoms with Crippen molar-refractivity contribution in [3.63, 3.8) is 0 Å². The number of benzene rings is 1. The third kappa shape index (κ3) is 3.15. The van der Waals surface area contributed by atoms with Gasteiger partial charge in [-0.05, 0) is 26.0 Å². The molecule has 0 aliphatic carbocycles. The number of carbonyl (C=O) groups is 1. The molecule has 0 heterocycles. The van der Waals surface area contributed by atoms with Crippen LogP contribution in [0, 0.1) is 5.41 Å². The van der Waals surface area contributed by atoms with Crippen LogP contribution in [0.25, 0.3) is 0 Å². The molecule has 6 nitrogen and oxygen atoms in total. The maximum atomic E-state index is 12.2. The van der Waals surface area contributed by atoms with E-state index in [2.05, 4.69) is 10.5 Å². The van der Waals surface area contributed by atoms with Crippen LogP contribution in [0.1, 0.15) is 13.8 Å². The first-order chi connectivity index (χ1) is 8.80. The summed E-state index contributed by atoms with van der Waals surface area (Å²) in [4.78, 5) is 14.1. The van der Waals surface area contributed by atoms with E-state index in [0.717, 1.165) is 5.69 Å². The number of oxime groups is 1. The molecule has 0 bridgehead atoms. The molecular weight excluding hydrogens is 244 g/mol. The van der Waals surface area contributed by atoms with E-state index in [4.69, 9.17) is 10.9 Å². The summed E-state index contributed by atoms with van der Waals surface area (Å²) in [7, 11) is 3.78. The Morgan fingerprint density at radius 3 is 2.47 bits per heavy atom. The Balaban J connectivity index is 3.01. The zero-order valence-electron chi connectivity index (χ0n) is 11.6. The van der Waals surface area contributed by atoms with Gasteiger partial charge >= 0.3 is 0 Å². The van der Waals surface area contributed by atoms with Crippen LogP contribution in [0.5, 0.6) is 0 Å². The van der Waals surface area contributed by atoms with Gasteiger partial charge in [-0.1, -0.05) is 17.3 Å². The predicted molar refractivity (Wildman–Crippen MR) is 76.6 cm³/mol. The summed E-state index contributed by atoms with van der Waals surface area (Å²) in [5.41, 5.74) is 6.00. The molecule has 19 heavy (non-hydrogen) atoms. The smallest absolute Gasteiger partial charge is 0.237 e. The molecule has 0 aromatic heterocycles. The average Bonchev–Trinajstić information content (AvgIpc) is 2.37. The van der Waals surface area contributed by atoms with Gasteiger partial charge in [0.2, 0.25) is 5.91 Å². The molecule has 1 amide bonds. The second kappa shape index (κ2) is 5.60. The van der Waals surface area contributed by atoms with Crippen molar-refractivity contribution < 1.29 is 10.0 Å². The van der Waals surface area contributed by atoms with Crippen LogP contribution in [-0.4, -0.2) is 31.0 Å². The lowest BCUT2D eigenvalue weighted by molar-refractivity contribution is -0.121. The van der Waals surface area contributed by atoms with Gasteiger partial charge < -0.3 is 21.2 Å². The number of nitrogens with zero attached hydrogens (tertiary/aromatic N) is 2. The first-order valence-corrected chi connectivity index (χ1v) is 5.86. The zero-order chi connectivity index (χ0) is 14.6. The fraction of sp³-hybridized carbons (Fsp3) is 0.385. The van der Waals surface area contributed by atoms with Crippen LogP contribution in [0.4, 0.5) is 11.4 Å². The quantitative estimate of drug-likeness (QED) is 0.332. The number of carbonyl (C=O) groups excluding carboxylic acids is 1. The third-order valence-electron chi connectivity index (χ3n) is 2.95. The molecule has 104 valence electrons. The maximum Gasteiger partial charge on any atom is 0.237 e. The zero-order valence-corrected chi connectivity index (χ0v) is 11.6. The minimum absolute atomic E-state index is 0.132. The van der Waals surface area contributed by atoms with Crippen molar-refractivity contribution in [1.82, 2.24) is 0 Å². The molecule has 0 fully saturated rings. The van der Waals surface area contributed by atoms with Crippen molar-refractivity contribution in [2.75, 3.05) is 24.3 Å². The largest absolute Gasteiger partial charge is 0.409 e. The number of nitrogens with two attached hydrogens (primary N) is 1. The summed E-state index contributed by atoms with van der Waals surface area (Å²) in [6.45, 7) is 3.19. The third-order valence-corrected chi connectivity index (χ3v) is 2.95. The topological polar surface area (TPSA) is 91.0 Å². The van der Waals surface area contributed by atoms with Gasteiger partial charge in [-0.3, -0.25) is 4.79 Å². The number of amides is 1. The van der Waals surface area contributed by atoms with E-state index in [1.807, 2.05) is 37.2 Å². The molecule has 6 heteroatoms. The number of rotatable bonds is 4. The van der Waals surface area contributed by atoms with Gasteiger partial charge in [0.05, 0.1) is 11.4 Å². The van der Waals surface area contributed by atoms with Gasteiger partial charge in [-0.2, -0.15) is 0 Å². The maximum absolute atomic E-state index is 12.2. The van der Waals surface area contributed by atoms with E-state index in [1.54, 1.807) is 19.9 Å². The van der Waals surface area contributed by atoms with E-state index < -0.39 is 5.41 Å². The molecule has 1 aromatic carbocycles.